The summed E-state index contributed by atoms with van der Waals surface area (Å²) in [5.74, 6) is -3.19. The van der Waals surface area contributed by atoms with Gasteiger partial charge in [-0.05, 0) is 122 Å². The van der Waals surface area contributed by atoms with Gasteiger partial charge in [-0.3, -0.25) is 14.4 Å². The van der Waals surface area contributed by atoms with Gasteiger partial charge in [-0.2, -0.15) is 0 Å². The van der Waals surface area contributed by atoms with Crippen molar-refractivity contribution < 1.29 is 58.2 Å². The zero-order valence-electron chi connectivity index (χ0n) is 49.3. The Balaban J connectivity index is 2.72. The van der Waals surface area contributed by atoms with Gasteiger partial charge in [-0.1, -0.05) is 207 Å². The molecular formula is C67H108O12. The van der Waals surface area contributed by atoms with Crippen molar-refractivity contribution >= 4 is 23.9 Å². The second kappa shape index (κ2) is 54.0. The number of carboxylic acids is 1. The number of unbranched alkanes of at least 4 members (excludes halogenated alkanes) is 19. The maximum Gasteiger partial charge on any atom is 0.335 e. The molecule has 79 heavy (non-hydrogen) atoms. The highest BCUT2D eigenvalue weighted by molar-refractivity contribution is 5.74. The summed E-state index contributed by atoms with van der Waals surface area (Å²) in [6.07, 6.45) is 60.5. The first kappa shape index (κ1) is 72.4. The van der Waals surface area contributed by atoms with E-state index >= 15 is 0 Å². The lowest BCUT2D eigenvalue weighted by Gasteiger charge is -2.40. The lowest BCUT2D eigenvalue weighted by Crippen LogP contribution is -2.61. The standard InChI is InChI=1S/C67H108O12/c1-4-7-10-13-16-19-22-25-27-29-30-32-33-36-38-41-44-47-50-53-59(68)75-56-58(77-60(69)54-51-48-45-42-40-37-34-31-28-26-23-20-17-14-11-8-5-2)57-76-67-65(63(72)62(71)64(79-67)66(73)74)78-61(70)55-52-49-46-43-39-35-24-21-18-15-12-9-6-3/h7-8,10-11,16-17,19-21,24-28,30,32,36,38,58,62-65,67,71-72H,4-6,9,12-15,18,22-23,29,31,33-35,37,39-57H2,1-3H3,(H,73,74)/b10-7-,11-8-,19-16-,20-17-,24-21-,27-25-,28-26-,32-30-,38-36-. The zero-order chi connectivity index (χ0) is 57.5. The van der Waals surface area contributed by atoms with E-state index in [-0.39, 0.29) is 25.9 Å². The number of aliphatic carboxylic acids is 1. The van der Waals surface area contributed by atoms with Crippen molar-refractivity contribution in [3.8, 4) is 0 Å². The molecule has 3 N–H and O–H groups in total. The first-order chi connectivity index (χ1) is 38.6. The molecule has 12 heteroatoms. The summed E-state index contributed by atoms with van der Waals surface area (Å²) in [6, 6.07) is 0. The monoisotopic (exact) mass is 1100 g/mol. The average molecular weight is 1110 g/mol. The van der Waals surface area contributed by atoms with E-state index in [9.17, 15) is 34.5 Å². The van der Waals surface area contributed by atoms with E-state index in [1.54, 1.807) is 0 Å². The van der Waals surface area contributed by atoms with Gasteiger partial charge in [0.05, 0.1) is 6.61 Å². The van der Waals surface area contributed by atoms with Crippen LogP contribution in [-0.4, -0.2) is 89.2 Å². The van der Waals surface area contributed by atoms with E-state index < -0.39 is 67.3 Å². The Bertz CT molecular complexity index is 1790. The predicted molar refractivity (Wildman–Crippen MR) is 321 cm³/mol. The van der Waals surface area contributed by atoms with Gasteiger partial charge in [0.1, 0.15) is 18.8 Å². The molecule has 12 nitrogen and oxygen atoms in total. The lowest BCUT2D eigenvalue weighted by atomic mass is 9.98. The molecule has 6 atom stereocenters. The van der Waals surface area contributed by atoms with Crippen LogP contribution in [0.3, 0.4) is 0 Å². The maximum absolute atomic E-state index is 13.2. The van der Waals surface area contributed by atoms with Crippen molar-refractivity contribution in [3.63, 3.8) is 0 Å². The summed E-state index contributed by atoms with van der Waals surface area (Å²) in [6.45, 7) is 5.71. The number of carboxylic acid groups (broad SMARTS) is 1. The Hall–Kier alpha value is -4.62. The first-order valence-electron chi connectivity index (χ1n) is 30.9. The van der Waals surface area contributed by atoms with Crippen molar-refractivity contribution in [2.75, 3.05) is 13.2 Å². The Morgan fingerprint density at radius 1 is 0.430 bits per heavy atom. The molecule has 0 aliphatic carbocycles. The number of esters is 3. The third-order valence-electron chi connectivity index (χ3n) is 13.3. The number of ether oxygens (including phenoxy) is 5. The van der Waals surface area contributed by atoms with E-state index in [0.29, 0.717) is 19.3 Å². The summed E-state index contributed by atoms with van der Waals surface area (Å²) in [4.78, 5) is 51.2. The second-order valence-corrected chi connectivity index (χ2v) is 20.6. The van der Waals surface area contributed by atoms with Crippen molar-refractivity contribution in [1.82, 2.24) is 0 Å². The number of carbonyl (C=O) groups is 4. The van der Waals surface area contributed by atoms with Crippen LogP contribution in [0, 0.1) is 0 Å². The molecule has 0 bridgehead atoms. The lowest BCUT2D eigenvalue weighted by molar-refractivity contribution is -0.301. The normalized spacial score (nSPS) is 18.6. The molecule has 0 spiro atoms. The van der Waals surface area contributed by atoms with Crippen LogP contribution >= 0.6 is 0 Å². The SMILES string of the molecule is CC/C=C\C/C=C\C/C=C\C/C=C\C/C=C\CCCCCC(=O)OCC(COC1OC(C(=O)O)C(O)C(O)C1OC(=O)CCCCCCC/C=C\CCCCCC)OC(=O)CCCCCCCCC/C=C\C/C=C\C/C=C\CC. The smallest absolute Gasteiger partial charge is 0.335 e. The topological polar surface area (TPSA) is 175 Å². The van der Waals surface area contributed by atoms with Gasteiger partial charge in [-0.25, -0.2) is 4.79 Å². The number of hydrogen-bond acceptors (Lipinski definition) is 11. The van der Waals surface area contributed by atoms with E-state index in [0.717, 1.165) is 154 Å². The van der Waals surface area contributed by atoms with Gasteiger partial charge in [0.2, 0.25) is 0 Å². The Kier molecular flexibility index (Phi) is 49.5. The van der Waals surface area contributed by atoms with Gasteiger partial charge in [0.15, 0.2) is 24.6 Å². The van der Waals surface area contributed by atoms with E-state index in [1.807, 2.05) is 0 Å². The summed E-state index contributed by atoms with van der Waals surface area (Å²) in [5.41, 5.74) is 0. The molecule has 448 valence electrons. The minimum Gasteiger partial charge on any atom is -0.479 e. The van der Waals surface area contributed by atoms with Crippen LogP contribution in [-0.2, 0) is 42.9 Å². The van der Waals surface area contributed by atoms with Gasteiger partial charge >= 0.3 is 23.9 Å². The summed E-state index contributed by atoms with van der Waals surface area (Å²) >= 11 is 0. The van der Waals surface area contributed by atoms with Gasteiger partial charge in [-0.15, -0.1) is 0 Å². The Morgan fingerprint density at radius 2 is 0.797 bits per heavy atom. The minimum atomic E-state index is -1.92. The summed E-state index contributed by atoms with van der Waals surface area (Å²) in [7, 11) is 0. The molecule has 0 amide bonds. The van der Waals surface area contributed by atoms with E-state index in [1.165, 1.54) is 25.7 Å². The molecule has 1 aliphatic rings. The summed E-state index contributed by atoms with van der Waals surface area (Å²) in [5, 5.41) is 31.5. The molecule has 1 heterocycles. The fourth-order valence-corrected chi connectivity index (χ4v) is 8.64. The zero-order valence-corrected chi connectivity index (χ0v) is 49.3. The van der Waals surface area contributed by atoms with Crippen molar-refractivity contribution in [1.29, 1.82) is 0 Å². The summed E-state index contributed by atoms with van der Waals surface area (Å²) < 4.78 is 28.4. The molecule has 0 aromatic heterocycles. The minimum absolute atomic E-state index is 0.0410. The molecular weight excluding hydrogens is 997 g/mol. The fraction of sp³-hybridized carbons (Fsp3) is 0.672. The number of aliphatic hydroxyl groups excluding tert-OH is 2. The van der Waals surface area contributed by atoms with Gasteiger partial charge in [0.25, 0.3) is 0 Å². The maximum atomic E-state index is 13.2. The molecule has 1 saturated heterocycles. The molecule has 1 fully saturated rings. The van der Waals surface area contributed by atoms with Crippen molar-refractivity contribution in [3.05, 3.63) is 109 Å². The Morgan fingerprint density at radius 3 is 1.24 bits per heavy atom. The van der Waals surface area contributed by atoms with Crippen LogP contribution in [0.15, 0.2) is 109 Å². The third-order valence-corrected chi connectivity index (χ3v) is 13.3. The number of allylic oxidation sites excluding steroid dienone is 18. The molecule has 0 aromatic rings. The van der Waals surface area contributed by atoms with Gasteiger partial charge < -0.3 is 39.0 Å². The van der Waals surface area contributed by atoms with E-state index in [2.05, 4.69) is 130 Å². The molecule has 0 aromatic carbocycles. The van der Waals surface area contributed by atoms with Crippen LogP contribution in [0.5, 0.6) is 0 Å². The third kappa shape index (κ3) is 43.8. The highest BCUT2D eigenvalue weighted by atomic mass is 16.7. The van der Waals surface area contributed by atoms with Crippen LogP contribution < -0.4 is 0 Å². The number of rotatable bonds is 51. The van der Waals surface area contributed by atoms with Crippen LogP contribution in [0.4, 0.5) is 0 Å². The molecule has 1 aliphatic heterocycles. The molecule has 6 unspecified atom stereocenters. The first-order valence-corrected chi connectivity index (χ1v) is 30.9. The number of carbonyl (C=O) groups excluding carboxylic acids is 3. The van der Waals surface area contributed by atoms with Gasteiger partial charge in [0, 0.05) is 19.3 Å². The quantitative estimate of drug-likeness (QED) is 0.0228. The molecule has 0 saturated carbocycles. The largest absolute Gasteiger partial charge is 0.479 e. The average Bonchev–Trinajstić information content (AvgIpc) is 3.44. The molecule has 0 radical (unpaired) electrons. The number of aliphatic hydroxyl groups is 2. The van der Waals surface area contributed by atoms with Crippen LogP contribution in [0.25, 0.3) is 0 Å². The highest BCUT2D eigenvalue weighted by Gasteiger charge is 2.50. The van der Waals surface area contributed by atoms with Crippen molar-refractivity contribution in [2.45, 2.75) is 276 Å². The predicted octanol–water partition coefficient (Wildman–Crippen LogP) is 16.2. The molecule has 1 rings (SSSR count). The van der Waals surface area contributed by atoms with Crippen molar-refractivity contribution in [2.24, 2.45) is 0 Å². The Labute approximate surface area is 478 Å². The highest BCUT2D eigenvalue weighted by Crippen LogP contribution is 2.26. The second-order valence-electron chi connectivity index (χ2n) is 20.6. The van der Waals surface area contributed by atoms with Crippen LogP contribution in [0.1, 0.15) is 239 Å². The van der Waals surface area contributed by atoms with E-state index in [4.69, 9.17) is 23.7 Å². The fourth-order valence-electron chi connectivity index (χ4n) is 8.64. The van der Waals surface area contributed by atoms with Crippen LogP contribution in [0.2, 0.25) is 0 Å². The number of hydrogen-bond donors (Lipinski definition) is 3.